The summed E-state index contributed by atoms with van der Waals surface area (Å²) >= 11 is 0. The van der Waals surface area contributed by atoms with Crippen molar-refractivity contribution in [2.45, 2.75) is 58.9 Å². The summed E-state index contributed by atoms with van der Waals surface area (Å²) < 4.78 is 0. The van der Waals surface area contributed by atoms with Crippen LogP contribution in [-0.4, -0.2) is 11.9 Å². The molecule has 1 N–H and O–H groups in total. The van der Waals surface area contributed by atoms with E-state index in [-0.39, 0.29) is 5.91 Å². The second kappa shape index (κ2) is 4.12. The second-order valence-electron chi connectivity index (χ2n) is 4.01. The van der Waals surface area contributed by atoms with E-state index in [0.717, 1.165) is 0 Å². The number of amides is 1. The average Bonchev–Trinajstić information content (AvgIpc) is 1.99. The molecule has 0 radical (unpaired) electrons. The first kappa shape index (κ1) is 10.6. The molecule has 0 aromatic rings. The van der Waals surface area contributed by atoms with Gasteiger partial charge in [0.15, 0.2) is 0 Å². The van der Waals surface area contributed by atoms with Crippen LogP contribution in [0.5, 0.6) is 0 Å². The third-order valence-electron chi connectivity index (χ3n) is 3.40. The smallest absolute Gasteiger partial charge is 0.217 e. The first-order valence-electron chi connectivity index (χ1n) is 5.50. The zero-order valence-corrected chi connectivity index (χ0v) is 9.02. The van der Waals surface area contributed by atoms with Crippen LogP contribution >= 0.6 is 0 Å². The van der Waals surface area contributed by atoms with E-state index in [1.807, 2.05) is 13.8 Å². The standard InChI is InChI=1S/C9H15NO.C2H6/c1-7(11)10-8-3-6-9(8)4-2-5-9;1-2/h8H,2-6H2,1H3,(H,10,11);1-2H3. The molecule has 2 fully saturated rings. The largest absolute Gasteiger partial charge is 0.353 e. The summed E-state index contributed by atoms with van der Waals surface area (Å²) in [7, 11) is 0. The van der Waals surface area contributed by atoms with Gasteiger partial charge < -0.3 is 5.32 Å². The highest BCUT2D eigenvalue weighted by Gasteiger charge is 2.50. The van der Waals surface area contributed by atoms with Crippen LogP contribution in [0.4, 0.5) is 0 Å². The fraction of sp³-hybridized carbons (Fsp3) is 0.909. The maximum atomic E-state index is 10.8. The van der Waals surface area contributed by atoms with Gasteiger partial charge in [-0.05, 0) is 31.1 Å². The fourth-order valence-corrected chi connectivity index (χ4v) is 2.40. The summed E-state index contributed by atoms with van der Waals surface area (Å²) in [5, 5.41) is 3.03. The van der Waals surface area contributed by atoms with Gasteiger partial charge in [-0.1, -0.05) is 20.3 Å². The van der Waals surface area contributed by atoms with Gasteiger partial charge in [-0.15, -0.1) is 0 Å². The third-order valence-corrected chi connectivity index (χ3v) is 3.40. The number of carbonyl (C=O) groups is 1. The highest BCUT2D eigenvalue weighted by molar-refractivity contribution is 5.73. The summed E-state index contributed by atoms with van der Waals surface area (Å²) in [6.45, 7) is 5.62. The van der Waals surface area contributed by atoms with Crippen molar-refractivity contribution in [2.75, 3.05) is 0 Å². The summed E-state index contributed by atoms with van der Waals surface area (Å²) in [5.74, 6) is 0.140. The van der Waals surface area contributed by atoms with Crippen LogP contribution in [0, 0.1) is 5.41 Å². The van der Waals surface area contributed by atoms with Crippen molar-refractivity contribution < 1.29 is 4.79 Å². The Morgan fingerprint density at radius 2 is 1.92 bits per heavy atom. The molecule has 0 aromatic heterocycles. The molecule has 2 nitrogen and oxygen atoms in total. The highest BCUT2D eigenvalue weighted by atomic mass is 16.1. The van der Waals surface area contributed by atoms with E-state index in [0.29, 0.717) is 11.5 Å². The fourth-order valence-electron chi connectivity index (χ4n) is 2.40. The Kier molecular flexibility index (Phi) is 3.34. The molecule has 2 aliphatic carbocycles. The lowest BCUT2D eigenvalue weighted by Gasteiger charge is -2.56. The molecule has 2 saturated carbocycles. The van der Waals surface area contributed by atoms with Crippen molar-refractivity contribution >= 4 is 5.91 Å². The van der Waals surface area contributed by atoms with E-state index in [1.165, 1.54) is 32.1 Å². The third kappa shape index (κ3) is 1.87. The van der Waals surface area contributed by atoms with Crippen molar-refractivity contribution in [3.8, 4) is 0 Å². The number of nitrogens with one attached hydrogen (secondary N) is 1. The Balaban J connectivity index is 0.000000396. The van der Waals surface area contributed by atoms with Gasteiger partial charge in [0.1, 0.15) is 0 Å². The molecule has 2 heteroatoms. The van der Waals surface area contributed by atoms with Gasteiger partial charge in [-0.25, -0.2) is 0 Å². The lowest BCUT2D eigenvalue weighted by molar-refractivity contribution is -0.124. The number of hydrogen-bond acceptors (Lipinski definition) is 1. The Morgan fingerprint density at radius 3 is 2.15 bits per heavy atom. The first-order chi connectivity index (χ1) is 6.23. The maximum absolute atomic E-state index is 10.8. The van der Waals surface area contributed by atoms with E-state index in [2.05, 4.69) is 5.32 Å². The van der Waals surface area contributed by atoms with Crippen molar-refractivity contribution in [2.24, 2.45) is 5.41 Å². The van der Waals surface area contributed by atoms with E-state index < -0.39 is 0 Å². The van der Waals surface area contributed by atoms with Gasteiger partial charge in [0.05, 0.1) is 0 Å². The molecule has 13 heavy (non-hydrogen) atoms. The minimum Gasteiger partial charge on any atom is -0.353 e. The van der Waals surface area contributed by atoms with Crippen LogP contribution < -0.4 is 5.32 Å². The molecule has 0 saturated heterocycles. The van der Waals surface area contributed by atoms with Crippen molar-refractivity contribution in [1.82, 2.24) is 5.32 Å². The second-order valence-corrected chi connectivity index (χ2v) is 4.01. The zero-order valence-electron chi connectivity index (χ0n) is 9.02. The normalized spacial score (nSPS) is 27.8. The summed E-state index contributed by atoms with van der Waals surface area (Å²) in [6, 6.07) is 0.522. The molecule has 0 aromatic carbocycles. The van der Waals surface area contributed by atoms with Gasteiger partial charge >= 0.3 is 0 Å². The molecular weight excluding hydrogens is 162 g/mol. The summed E-state index contributed by atoms with van der Waals surface area (Å²) in [6.07, 6.45) is 6.61. The lowest BCUT2D eigenvalue weighted by atomic mass is 9.53. The minimum atomic E-state index is 0.140. The van der Waals surface area contributed by atoms with Crippen molar-refractivity contribution in [3.05, 3.63) is 0 Å². The molecule has 1 amide bonds. The Labute approximate surface area is 81.1 Å². The Morgan fingerprint density at radius 1 is 1.31 bits per heavy atom. The van der Waals surface area contributed by atoms with E-state index in [1.54, 1.807) is 6.92 Å². The summed E-state index contributed by atoms with van der Waals surface area (Å²) in [4.78, 5) is 10.8. The van der Waals surface area contributed by atoms with Crippen molar-refractivity contribution in [1.29, 1.82) is 0 Å². The Bertz CT molecular complexity index is 179. The molecule has 1 atom stereocenters. The molecule has 0 heterocycles. The van der Waals surface area contributed by atoms with E-state index in [4.69, 9.17) is 0 Å². The molecule has 0 bridgehead atoms. The molecule has 76 valence electrons. The van der Waals surface area contributed by atoms with Crippen LogP contribution in [0.3, 0.4) is 0 Å². The SMILES string of the molecule is CC.CC(=O)NC1CCC12CCC2. The van der Waals surface area contributed by atoms with Crippen LogP contribution in [0.1, 0.15) is 52.9 Å². The number of rotatable bonds is 1. The van der Waals surface area contributed by atoms with Gasteiger partial charge in [-0.3, -0.25) is 4.79 Å². The maximum Gasteiger partial charge on any atom is 0.217 e. The molecule has 0 aliphatic heterocycles. The molecule has 1 spiro atoms. The van der Waals surface area contributed by atoms with E-state index in [9.17, 15) is 4.79 Å². The van der Waals surface area contributed by atoms with E-state index >= 15 is 0 Å². The predicted octanol–water partition coefficient (Wildman–Crippen LogP) is 2.48. The van der Waals surface area contributed by atoms with Crippen molar-refractivity contribution in [3.63, 3.8) is 0 Å². The number of hydrogen-bond donors (Lipinski definition) is 1. The first-order valence-corrected chi connectivity index (χ1v) is 5.50. The number of carbonyl (C=O) groups excluding carboxylic acids is 1. The highest BCUT2D eigenvalue weighted by Crippen LogP contribution is 2.55. The van der Waals surface area contributed by atoms with Crippen LogP contribution in [0.25, 0.3) is 0 Å². The lowest BCUT2D eigenvalue weighted by Crippen LogP contribution is -2.57. The minimum absolute atomic E-state index is 0.140. The molecule has 2 rings (SSSR count). The quantitative estimate of drug-likeness (QED) is 0.665. The zero-order chi connectivity index (χ0) is 9.90. The van der Waals surface area contributed by atoms with Crippen LogP contribution in [-0.2, 0) is 4.79 Å². The molecule has 2 aliphatic rings. The molecular formula is C11H21NO. The average molecular weight is 183 g/mol. The van der Waals surface area contributed by atoms with Gasteiger partial charge in [0.2, 0.25) is 5.91 Å². The predicted molar refractivity (Wildman–Crippen MR) is 54.5 cm³/mol. The van der Waals surface area contributed by atoms with Crippen LogP contribution in [0.2, 0.25) is 0 Å². The summed E-state index contributed by atoms with van der Waals surface area (Å²) in [5.41, 5.74) is 0.561. The Hall–Kier alpha value is -0.530. The van der Waals surface area contributed by atoms with Crippen LogP contribution in [0.15, 0.2) is 0 Å². The van der Waals surface area contributed by atoms with Gasteiger partial charge in [0, 0.05) is 13.0 Å². The van der Waals surface area contributed by atoms with Gasteiger partial charge in [-0.2, -0.15) is 0 Å². The van der Waals surface area contributed by atoms with Gasteiger partial charge in [0.25, 0.3) is 0 Å². The topological polar surface area (TPSA) is 29.1 Å². The monoisotopic (exact) mass is 183 g/mol. The molecule has 1 unspecified atom stereocenters.